The van der Waals surface area contributed by atoms with Crippen LogP contribution in [-0.2, 0) is 4.79 Å². The molecule has 15 heavy (non-hydrogen) atoms. The van der Waals surface area contributed by atoms with Crippen LogP contribution in [0.15, 0.2) is 12.1 Å². The fourth-order valence-corrected chi connectivity index (χ4v) is 1.27. The van der Waals surface area contributed by atoms with Gasteiger partial charge >= 0.3 is 0 Å². The third kappa shape index (κ3) is 2.92. The number of hydrogen-bond acceptors (Lipinski definition) is 3. The van der Waals surface area contributed by atoms with E-state index < -0.39 is 5.91 Å². The number of hydroxylamine groups is 1. The van der Waals surface area contributed by atoms with E-state index in [1.54, 1.807) is 26.0 Å². The lowest BCUT2D eigenvalue weighted by atomic mass is 10.1. The first-order valence-corrected chi connectivity index (χ1v) is 4.48. The van der Waals surface area contributed by atoms with Crippen LogP contribution in [0.4, 0.5) is 10.1 Å². The van der Waals surface area contributed by atoms with E-state index in [9.17, 15) is 9.18 Å². The molecule has 0 aromatic heterocycles. The third-order valence-corrected chi connectivity index (χ3v) is 2.01. The van der Waals surface area contributed by atoms with Gasteiger partial charge < -0.3 is 5.32 Å². The minimum Gasteiger partial charge on any atom is -0.376 e. The molecule has 1 amide bonds. The van der Waals surface area contributed by atoms with Gasteiger partial charge in [0.1, 0.15) is 5.82 Å². The average Bonchev–Trinajstić information content (AvgIpc) is 2.22. The van der Waals surface area contributed by atoms with Crippen molar-refractivity contribution in [1.29, 1.82) is 0 Å². The molecule has 0 spiro atoms. The number of benzene rings is 1. The minimum absolute atomic E-state index is 0.0546. The third-order valence-electron chi connectivity index (χ3n) is 2.01. The van der Waals surface area contributed by atoms with Crippen molar-refractivity contribution in [3.05, 3.63) is 29.1 Å². The molecular formula is C10H13FN2O2. The molecule has 0 saturated carbocycles. The summed E-state index contributed by atoms with van der Waals surface area (Å²) in [5.74, 6) is -0.790. The fraction of sp³-hybridized carbons (Fsp3) is 0.300. The first kappa shape index (κ1) is 11.5. The van der Waals surface area contributed by atoms with Gasteiger partial charge in [0.05, 0.1) is 6.54 Å². The summed E-state index contributed by atoms with van der Waals surface area (Å²) in [4.78, 5) is 10.7. The first-order valence-electron chi connectivity index (χ1n) is 4.48. The van der Waals surface area contributed by atoms with Crippen LogP contribution in [-0.4, -0.2) is 17.7 Å². The summed E-state index contributed by atoms with van der Waals surface area (Å²) in [6, 6.07) is 3.21. The van der Waals surface area contributed by atoms with Gasteiger partial charge in [-0.3, -0.25) is 10.0 Å². The molecule has 0 saturated heterocycles. The lowest BCUT2D eigenvalue weighted by molar-refractivity contribution is -0.127. The number of amides is 1. The van der Waals surface area contributed by atoms with Crippen molar-refractivity contribution in [3.8, 4) is 0 Å². The van der Waals surface area contributed by atoms with Crippen LogP contribution in [0.25, 0.3) is 0 Å². The van der Waals surface area contributed by atoms with Crippen molar-refractivity contribution in [1.82, 2.24) is 5.48 Å². The maximum absolute atomic E-state index is 13.2. The zero-order chi connectivity index (χ0) is 11.4. The standard InChI is InChI=1S/C10H13FN2O2/c1-6-3-8(4-7(2)10(6)11)12-5-9(14)13-15/h3-4,12,15H,5H2,1-2H3,(H,13,14). The molecule has 0 aliphatic rings. The Bertz CT molecular complexity index is 357. The van der Waals surface area contributed by atoms with Gasteiger partial charge in [0.15, 0.2) is 0 Å². The summed E-state index contributed by atoms with van der Waals surface area (Å²) in [5.41, 5.74) is 3.18. The summed E-state index contributed by atoms with van der Waals surface area (Å²) in [6.07, 6.45) is 0. The van der Waals surface area contributed by atoms with Gasteiger partial charge in [-0.2, -0.15) is 0 Å². The topological polar surface area (TPSA) is 61.4 Å². The number of carbonyl (C=O) groups excluding carboxylic acids is 1. The van der Waals surface area contributed by atoms with Crippen LogP contribution in [0.5, 0.6) is 0 Å². The van der Waals surface area contributed by atoms with Gasteiger partial charge in [0, 0.05) is 5.69 Å². The fourth-order valence-electron chi connectivity index (χ4n) is 1.27. The lowest BCUT2D eigenvalue weighted by Gasteiger charge is -2.08. The van der Waals surface area contributed by atoms with Crippen molar-refractivity contribution >= 4 is 11.6 Å². The first-order chi connectivity index (χ1) is 7.04. The lowest BCUT2D eigenvalue weighted by Crippen LogP contribution is -2.26. The second kappa shape index (κ2) is 4.75. The van der Waals surface area contributed by atoms with Crippen molar-refractivity contribution in [2.45, 2.75) is 13.8 Å². The second-order valence-electron chi connectivity index (χ2n) is 3.31. The molecule has 82 valence electrons. The molecule has 0 radical (unpaired) electrons. The van der Waals surface area contributed by atoms with Gasteiger partial charge in [-0.15, -0.1) is 0 Å². The molecule has 0 heterocycles. The number of halogens is 1. The summed E-state index contributed by atoms with van der Waals surface area (Å²) in [7, 11) is 0. The number of nitrogens with one attached hydrogen (secondary N) is 2. The Kier molecular flexibility index (Phi) is 3.62. The molecule has 1 rings (SSSR count). The molecule has 1 aromatic rings. The Morgan fingerprint density at radius 3 is 2.40 bits per heavy atom. The number of anilines is 1. The second-order valence-corrected chi connectivity index (χ2v) is 3.31. The molecular weight excluding hydrogens is 199 g/mol. The SMILES string of the molecule is Cc1cc(NCC(=O)NO)cc(C)c1F. The van der Waals surface area contributed by atoms with Crippen LogP contribution < -0.4 is 10.8 Å². The van der Waals surface area contributed by atoms with E-state index in [1.165, 1.54) is 5.48 Å². The minimum atomic E-state index is -0.547. The Labute approximate surface area is 87.1 Å². The molecule has 0 aliphatic heterocycles. The highest BCUT2D eigenvalue weighted by molar-refractivity contribution is 5.79. The molecule has 3 N–H and O–H groups in total. The van der Waals surface area contributed by atoms with Crippen LogP contribution in [0, 0.1) is 19.7 Å². The molecule has 1 aromatic carbocycles. The van der Waals surface area contributed by atoms with E-state index in [1.807, 2.05) is 0 Å². The van der Waals surface area contributed by atoms with Gasteiger partial charge in [-0.1, -0.05) is 0 Å². The predicted octanol–water partition coefficient (Wildman–Crippen LogP) is 1.36. The number of rotatable bonds is 3. The van der Waals surface area contributed by atoms with Crippen molar-refractivity contribution in [2.75, 3.05) is 11.9 Å². The predicted molar refractivity (Wildman–Crippen MR) is 54.3 cm³/mol. The molecule has 0 atom stereocenters. The van der Waals surface area contributed by atoms with Crippen LogP contribution in [0.2, 0.25) is 0 Å². The van der Waals surface area contributed by atoms with Crippen molar-refractivity contribution < 1.29 is 14.4 Å². The maximum atomic E-state index is 13.2. The van der Waals surface area contributed by atoms with Crippen LogP contribution in [0.1, 0.15) is 11.1 Å². The van der Waals surface area contributed by atoms with Crippen LogP contribution in [0.3, 0.4) is 0 Å². The zero-order valence-electron chi connectivity index (χ0n) is 8.60. The molecule has 0 unspecified atom stereocenters. The summed E-state index contributed by atoms with van der Waals surface area (Å²) < 4.78 is 13.2. The van der Waals surface area contributed by atoms with Gasteiger partial charge in [-0.05, 0) is 37.1 Å². The van der Waals surface area contributed by atoms with Gasteiger partial charge in [0.2, 0.25) is 0 Å². The summed E-state index contributed by atoms with van der Waals surface area (Å²) in [5, 5.41) is 11.0. The quantitative estimate of drug-likeness (QED) is 0.523. The monoisotopic (exact) mass is 212 g/mol. The van der Waals surface area contributed by atoms with Crippen molar-refractivity contribution in [3.63, 3.8) is 0 Å². The number of hydrogen-bond donors (Lipinski definition) is 3. The van der Waals surface area contributed by atoms with E-state index in [2.05, 4.69) is 5.32 Å². The number of aryl methyl sites for hydroxylation is 2. The van der Waals surface area contributed by atoms with E-state index in [4.69, 9.17) is 5.21 Å². The van der Waals surface area contributed by atoms with Gasteiger partial charge in [-0.25, -0.2) is 9.87 Å². The van der Waals surface area contributed by atoms with Crippen LogP contribution >= 0.6 is 0 Å². The number of carbonyl (C=O) groups is 1. The summed E-state index contributed by atoms with van der Waals surface area (Å²) >= 11 is 0. The van der Waals surface area contributed by atoms with E-state index in [0.717, 1.165) is 0 Å². The zero-order valence-corrected chi connectivity index (χ0v) is 8.60. The Morgan fingerprint density at radius 1 is 1.40 bits per heavy atom. The van der Waals surface area contributed by atoms with Gasteiger partial charge in [0.25, 0.3) is 5.91 Å². The molecule has 5 heteroatoms. The van der Waals surface area contributed by atoms with Crippen molar-refractivity contribution in [2.24, 2.45) is 0 Å². The maximum Gasteiger partial charge on any atom is 0.262 e. The average molecular weight is 212 g/mol. The highest BCUT2D eigenvalue weighted by atomic mass is 19.1. The highest BCUT2D eigenvalue weighted by Gasteiger charge is 2.05. The molecule has 0 fully saturated rings. The Morgan fingerprint density at radius 2 is 1.93 bits per heavy atom. The highest BCUT2D eigenvalue weighted by Crippen LogP contribution is 2.17. The Hall–Kier alpha value is -1.62. The molecule has 0 bridgehead atoms. The Balaban J connectivity index is 2.75. The van der Waals surface area contributed by atoms with E-state index in [-0.39, 0.29) is 12.4 Å². The van der Waals surface area contributed by atoms with E-state index in [0.29, 0.717) is 16.8 Å². The normalized spacial score (nSPS) is 9.87. The van der Waals surface area contributed by atoms with E-state index >= 15 is 0 Å². The summed E-state index contributed by atoms with van der Waals surface area (Å²) in [6.45, 7) is 3.25. The molecule has 4 nitrogen and oxygen atoms in total. The molecule has 0 aliphatic carbocycles. The smallest absolute Gasteiger partial charge is 0.262 e. The largest absolute Gasteiger partial charge is 0.376 e.